The molecule has 0 aliphatic heterocycles. The first kappa shape index (κ1) is 13.2. The number of aromatic nitrogens is 6. The van der Waals surface area contributed by atoms with E-state index in [9.17, 15) is 0 Å². The first-order valence-corrected chi connectivity index (χ1v) is 7.78. The standard InChI is InChI=1S/C18H16N6/c1-21-10-11-23(12-21)15-5-3-4-13-14-6-8-24(17(14)20-16(13)15)18-19-7-9-22(18)2/h3-11,20H,1-2H3. The molecule has 0 unspecified atom stereocenters. The summed E-state index contributed by atoms with van der Waals surface area (Å²) in [6, 6.07) is 8.45. The van der Waals surface area contributed by atoms with Gasteiger partial charge in [0.05, 0.1) is 18.3 Å². The lowest BCUT2D eigenvalue weighted by Gasteiger charge is -2.05. The van der Waals surface area contributed by atoms with Crippen LogP contribution in [0.2, 0.25) is 0 Å². The minimum absolute atomic E-state index is 0.886. The normalized spacial score (nSPS) is 11.8. The summed E-state index contributed by atoms with van der Waals surface area (Å²) < 4.78 is 8.00. The average Bonchev–Trinajstić information content (AvgIpc) is 3.31. The summed E-state index contributed by atoms with van der Waals surface area (Å²) in [5.74, 6) is 0.886. The molecular weight excluding hydrogens is 300 g/mol. The Hall–Kier alpha value is -3.28. The van der Waals surface area contributed by atoms with Crippen LogP contribution >= 0.6 is 0 Å². The van der Waals surface area contributed by atoms with Crippen LogP contribution in [0.4, 0.5) is 0 Å². The van der Waals surface area contributed by atoms with Crippen molar-refractivity contribution in [3.05, 3.63) is 61.6 Å². The number of para-hydroxylation sites is 1. The van der Waals surface area contributed by atoms with Gasteiger partial charge in [0.15, 0.2) is 0 Å². The molecule has 5 aromatic rings. The fourth-order valence-corrected chi connectivity index (χ4v) is 3.29. The van der Waals surface area contributed by atoms with E-state index in [2.05, 4.69) is 51.3 Å². The van der Waals surface area contributed by atoms with Crippen molar-refractivity contribution in [2.45, 2.75) is 0 Å². The molecule has 1 aromatic carbocycles. The van der Waals surface area contributed by atoms with Crippen LogP contribution in [0, 0.1) is 6.33 Å². The van der Waals surface area contributed by atoms with E-state index in [1.54, 1.807) is 0 Å². The van der Waals surface area contributed by atoms with Crippen LogP contribution in [0.15, 0.2) is 55.2 Å². The maximum atomic E-state index is 4.45. The second kappa shape index (κ2) is 4.61. The van der Waals surface area contributed by atoms with Crippen molar-refractivity contribution in [1.29, 1.82) is 0 Å². The van der Waals surface area contributed by atoms with Crippen LogP contribution in [0.25, 0.3) is 33.6 Å². The van der Waals surface area contributed by atoms with Crippen molar-refractivity contribution in [2.24, 2.45) is 14.1 Å². The highest BCUT2D eigenvalue weighted by Crippen LogP contribution is 2.31. The summed E-state index contributed by atoms with van der Waals surface area (Å²) in [6.45, 7) is 0. The number of nitrogens with one attached hydrogen (secondary N) is 1. The van der Waals surface area contributed by atoms with E-state index < -0.39 is 0 Å². The number of aromatic amines is 1. The maximum absolute atomic E-state index is 4.45. The highest BCUT2D eigenvalue weighted by molar-refractivity contribution is 6.09. The Bertz CT molecular complexity index is 1180. The second-order valence-electron chi connectivity index (χ2n) is 5.99. The van der Waals surface area contributed by atoms with Crippen LogP contribution in [0.5, 0.6) is 0 Å². The van der Waals surface area contributed by atoms with Crippen molar-refractivity contribution in [2.75, 3.05) is 0 Å². The van der Waals surface area contributed by atoms with Gasteiger partial charge in [0.1, 0.15) is 5.65 Å². The Labute approximate surface area is 138 Å². The van der Waals surface area contributed by atoms with Gasteiger partial charge in [-0.1, -0.05) is 18.2 Å². The zero-order valence-electron chi connectivity index (χ0n) is 13.4. The molecule has 4 heterocycles. The minimum Gasteiger partial charge on any atom is -0.345 e. The van der Waals surface area contributed by atoms with E-state index in [1.807, 2.05) is 52.6 Å². The number of fused-ring (bicyclic) bond motifs is 3. The summed E-state index contributed by atoms with van der Waals surface area (Å²) in [7, 11) is 3.97. The van der Waals surface area contributed by atoms with Crippen molar-refractivity contribution >= 4 is 21.9 Å². The summed E-state index contributed by atoms with van der Waals surface area (Å²) in [5, 5.41) is 2.38. The highest BCUT2D eigenvalue weighted by atomic mass is 15.2. The van der Waals surface area contributed by atoms with E-state index >= 15 is 0 Å². The van der Waals surface area contributed by atoms with E-state index in [0.717, 1.165) is 22.8 Å². The third-order valence-electron chi connectivity index (χ3n) is 4.44. The summed E-state index contributed by atoms with van der Waals surface area (Å²) in [4.78, 5) is 8.03. The van der Waals surface area contributed by atoms with Gasteiger partial charge in [0.25, 0.3) is 0 Å². The van der Waals surface area contributed by atoms with Gasteiger partial charge in [0, 0.05) is 48.8 Å². The highest BCUT2D eigenvalue weighted by Gasteiger charge is 2.14. The summed E-state index contributed by atoms with van der Waals surface area (Å²) >= 11 is 0. The molecule has 0 saturated heterocycles. The Kier molecular flexibility index (Phi) is 2.53. The molecule has 6 heteroatoms. The zero-order chi connectivity index (χ0) is 16.3. The van der Waals surface area contributed by atoms with Gasteiger partial charge in [-0.2, -0.15) is 0 Å². The van der Waals surface area contributed by atoms with Gasteiger partial charge in [-0.3, -0.25) is 4.57 Å². The number of imidazole rings is 2. The third kappa shape index (κ3) is 1.70. The quantitative estimate of drug-likeness (QED) is 0.394. The average molecular weight is 316 g/mol. The Morgan fingerprint density at radius 3 is 2.79 bits per heavy atom. The lowest BCUT2D eigenvalue weighted by Crippen LogP contribution is -2.24. The van der Waals surface area contributed by atoms with Gasteiger partial charge < -0.3 is 18.7 Å². The van der Waals surface area contributed by atoms with Gasteiger partial charge in [-0.05, 0) is 6.07 Å². The number of hydrogen-bond acceptors (Lipinski definition) is 1. The first-order chi connectivity index (χ1) is 11.7. The number of rotatable bonds is 2. The number of benzene rings is 1. The van der Waals surface area contributed by atoms with Gasteiger partial charge >= 0.3 is 0 Å². The van der Waals surface area contributed by atoms with Gasteiger partial charge in [0.2, 0.25) is 12.3 Å². The van der Waals surface area contributed by atoms with E-state index in [0.29, 0.717) is 0 Å². The van der Waals surface area contributed by atoms with Crippen molar-refractivity contribution < 1.29 is 4.57 Å². The van der Waals surface area contributed by atoms with Crippen LogP contribution in [-0.4, -0.2) is 23.7 Å². The van der Waals surface area contributed by atoms with Crippen LogP contribution in [-0.2, 0) is 14.1 Å². The Morgan fingerprint density at radius 2 is 2.04 bits per heavy atom. The fraction of sp³-hybridized carbons (Fsp3) is 0.111. The van der Waals surface area contributed by atoms with Gasteiger partial charge in [-0.15, -0.1) is 0 Å². The van der Waals surface area contributed by atoms with Crippen molar-refractivity contribution in [1.82, 2.24) is 23.7 Å². The first-order valence-electron chi connectivity index (χ1n) is 7.78. The third-order valence-corrected chi connectivity index (χ3v) is 4.44. The lowest BCUT2D eigenvalue weighted by molar-refractivity contribution is -0.674. The predicted molar refractivity (Wildman–Crippen MR) is 91.2 cm³/mol. The summed E-state index contributed by atoms with van der Waals surface area (Å²) in [6.07, 6.45) is 13.1. The molecule has 0 bridgehead atoms. The molecule has 0 aliphatic carbocycles. The van der Waals surface area contributed by atoms with Gasteiger partial charge in [-0.25, -0.2) is 4.98 Å². The molecule has 0 atom stereocenters. The number of aryl methyl sites for hydroxylation is 2. The monoisotopic (exact) mass is 316 g/mol. The largest absolute Gasteiger partial charge is 0.345 e. The molecule has 0 spiro atoms. The molecule has 0 radical (unpaired) electrons. The van der Waals surface area contributed by atoms with Crippen molar-refractivity contribution in [3.8, 4) is 11.6 Å². The molecule has 5 rings (SSSR count). The van der Waals surface area contributed by atoms with Crippen molar-refractivity contribution in [3.63, 3.8) is 0 Å². The van der Waals surface area contributed by atoms with E-state index in [-0.39, 0.29) is 0 Å². The molecule has 4 aromatic heterocycles. The smallest absolute Gasteiger partial charge is 0.243 e. The number of H-pyrrole nitrogens is 1. The molecular formula is C18H16N6. The summed E-state index contributed by atoms with van der Waals surface area (Å²) in [5.41, 5.74) is 3.22. The SMILES string of the molecule is Cn1ccnc1-n1ccc2c3cccc(-n4[c-][n+](C)cc4)c3[nH]c21. The Morgan fingerprint density at radius 1 is 1.12 bits per heavy atom. The van der Waals surface area contributed by atoms with E-state index in [1.165, 1.54) is 10.8 Å². The Balaban J connectivity index is 1.82. The lowest BCUT2D eigenvalue weighted by atomic mass is 10.2. The number of nitrogens with zero attached hydrogens (tertiary/aromatic N) is 5. The fourth-order valence-electron chi connectivity index (χ4n) is 3.29. The maximum Gasteiger partial charge on any atom is 0.243 e. The topological polar surface area (TPSA) is 47.3 Å². The molecule has 6 nitrogen and oxygen atoms in total. The minimum atomic E-state index is 0.886. The molecule has 0 saturated carbocycles. The second-order valence-corrected chi connectivity index (χ2v) is 5.99. The molecule has 1 N–H and O–H groups in total. The number of hydrogen-bond donors (Lipinski definition) is 1. The zero-order valence-corrected chi connectivity index (χ0v) is 13.4. The molecule has 118 valence electrons. The molecule has 24 heavy (non-hydrogen) atoms. The molecule has 0 fully saturated rings. The van der Waals surface area contributed by atoms with Crippen LogP contribution in [0.1, 0.15) is 0 Å². The van der Waals surface area contributed by atoms with Crippen LogP contribution in [0.3, 0.4) is 0 Å². The molecule has 0 aliphatic rings. The van der Waals surface area contributed by atoms with Crippen LogP contribution < -0.4 is 4.57 Å². The van der Waals surface area contributed by atoms with E-state index in [4.69, 9.17) is 0 Å². The molecule has 0 amide bonds. The predicted octanol–water partition coefficient (Wildman–Crippen LogP) is 2.26.